The average molecular weight is 236 g/mol. The van der Waals surface area contributed by atoms with Gasteiger partial charge in [-0.1, -0.05) is 0 Å². The van der Waals surface area contributed by atoms with Crippen molar-refractivity contribution in [3.8, 4) is 0 Å². The van der Waals surface area contributed by atoms with Crippen molar-refractivity contribution < 1.29 is 13.9 Å². The summed E-state index contributed by atoms with van der Waals surface area (Å²) in [5.41, 5.74) is 0.495. The Kier molecular flexibility index (Phi) is 4.94. The minimum Gasteiger partial charge on any atom is -0.391 e. The molecule has 0 spiro atoms. The number of alkyl halides is 1. The van der Waals surface area contributed by atoms with Gasteiger partial charge in [-0.05, 0) is 17.7 Å². The smallest absolute Gasteiger partial charge is 0.126 e. The number of rotatable bonds is 5. The molecule has 0 aliphatic rings. The predicted molar refractivity (Wildman–Crippen MR) is 54.8 cm³/mol. The fourth-order valence-electron chi connectivity index (χ4n) is 1.15. The Morgan fingerprint density at radius 1 is 1.27 bits per heavy atom. The standard InChI is InChI=1S/C10H12ClF2NO/c11-4-10(15)6-14-5-7-1-8(12)3-9(13)2-7/h1-3,10,14-15H,4-6H2/t10-/m1/s1. The summed E-state index contributed by atoms with van der Waals surface area (Å²) in [7, 11) is 0. The summed E-state index contributed by atoms with van der Waals surface area (Å²) in [6.45, 7) is 0.588. The highest BCUT2D eigenvalue weighted by atomic mass is 35.5. The first-order chi connectivity index (χ1) is 7.11. The summed E-state index contributed by atoms with van der Waals surface area (Å²) < 4.78 is 25.5. The monoisotopic (exact) mass is 235 g/mol. The highest BCUT2D eigenvalue weighted by molar-refractivity contribution is 6.18. The van der Waals surface area contributed by atoms with Gasteiger partial charge in [-0.25, -0.2) is 8.78 Å². The quantitative estimate of drug-likeness (QED) is 0.761. The number of benzene rings is 1. The molecule has 0 aliphatic heterocycles. The van der Waals surface area contributed by atoms with Crippen LogP contribution in [0.3, 0.4) is 0 Å². The molecule has 1 aromatic carbocycles. The summed E-state index contributed by atoms with van der Waals surface area (Å²) in [4.78, 5) is 0. The number of hydrogen-bond donors (Lipinski definition) is 2. The fraction of sp³-hybridized carbons (Fsp3) is 0.400. The van der Waals surface area contributed by atoms with Crippen LogP contribution >= 0.6 is 11.6 Å². The molecule has 0 unspecified atom stereocenters. The third kappa shape index (κ3) is 4.55. The Balaban J connectivity index is 2.43. The van der Waals surface area contributed by atoms with Crippen LogP contribution in [0.5, 0.6) is 0 Å². The molecule has 1 aromatic rings. The normalized spacial score (nSPS) is 12.8. The van der Waals surface area contributed by atoms with Crippen LogP contribution in [0.15, 0.2) is 18.2 Å². The first-order valence-corrected chi connectivity index (χ1v) is 5.05. The Labute approximate surface area is 91.9 Å². The van der Waals surface area contributed by atoms with Gasteiger partial charge < -0.3 is 10.4 Å². The topological polar surface area (TPSA) is 32.3 Å². The molecule has 0 heterocycles. The lowest BCUT2D eigenvalue weighted by Crippen LogP contribution is -2.27. The van der Waals surface area contributed by atoms with Gasteiger partial charge in [0.15, 0.2) is 0 Å². The molecule has 84 valence electrons. The maximum absolute atomic E-state index is 12.7. The van der Waals surface area contributed by atoms with Crippen molar-refractivity contribution in [2.75, 3.05) is 12.4 Å². The van der Waals surface area contributed by atoms with Crippen LogP contribution in [0.2, 0.25) is 0 Å². The Morgan fingerprint density at radius 2 is 1.87 bits per heavy atom. The molecule has 0 saturated heterocycles. The summed E-state index contributed by atoms with van der Waals surface area (Å²) in [5.74, 6) is -1.08. The van der Waals surface area contributed by atoms with Crippen LogP contribution < -0.4 is 5.32 Å². The first-order valence-electron chi connectivity index (χ1n) is 4.51. The molecule has 0 amide bonds. The molecule has 0 saturated carbocycles. The van der Waals surface area contributed by atoms with Gasteiger partial charge in [0.05, 0.1) is 6.10 Å². The van der Waals surface area contributed by atoms with Crippen molar-refractivity contribution >= 4 is 11.6 Å². The van der Waals surface area contributed by atoms with Gasteiger partial charge in [0, 0.05) is 25.0 Å². The van der Waals surface area contributed by atoms with E-state index in [9.17, 15) is 8.78 Å². The highest BCUT2D eigenvalue weighted by Gasteiger charge is 2.03. The van der Waals surface area contributed by atoms with Gasteiger partial charge in [0.25, 0.3) is 0 Å². The van der Waals surface area contributed by atoms with E-state index in [1.807, 2.05) is 0 Å². The van der Waals surface area contributed by atoms with E-state index in [0.717, 1.165) is 6.07 Å². The number of aliphatic hydroxyl groups excluding tert-OH is 1. The Bertz CT molecular complexity index is 302. The summed E-state index contributed by atoms with van der Waals surface area (Å²) in [6.07, 6.45) is -0.648. The number of hydrogen-bond acceptors (Lipinski definition) is 2. The maximum atomic E-state index is 12.7. The van der Waals surface area contributed by atoms with Crippen molar-refractivity contribution in [3.05, 3.63) is 35.4 Å². The predicted octanol–water partition coefficient (Wildman–Crippen LogP) is 1.65. The number of aliphatic hydroxyl groups is 1. The fourth-order valence-corrected chi connectivity index (χ4v) is 1.26. The van der Waals surface area contributed by atoms with Gasteiger partial charge in [-0.2, -0.15) is 0 Å². The van der Waals surface area contributed by atoms with Crippen LogP contribution in [-0.2, 0) is 6.54 Å². The molecule has 0 aliphatic carbocycles. The molecular formula is C10H12ClF2NO. The molecule has 1 rings (SSSR count). The third-order valence-corrected chi connectivity index (χ3v) is 2.17. The zero-order valence-electron chi connectivity index (χ0n) is 8.01. The van der Waals surface area contributed by atoms with E-state index >= 15 is 0 Å². The zero-order valence-corrected chi connectivity index (χ0v) is 8.77. The lowest BCUT2D eigenvalue weighted by atomic mass is 10.2. The van der Waals surface area contributed by atoms with E-state index in [1.165, 1.54) is 12.1 Å². The third-order valence-electron chi connectivity index (χ3n) is 1.81. The molecule has 0 aromatic heterocycles. The molecule has 15 heavy (non-hydrogen) atoms. The van der Waals surface area contributed by atoms with Crippen molar-refractivity contribution in [3.63, 3.8) is 0 Å². The van der Waals surface area contributed by atoms with E-state index < -0.39 is 17.7 Å². The van der Waals surface area contributed by atoms with Crippen LogP contribution in [0.25, 0.3) is 0 Å². The highest BCUT2D eigenvalue weighted by Crippen LogP contribution is 2.07. The zero-order chi connectivity index (χ0) is 11.3. The Hall–Kier alpha value is -0.710. The van der Waals surface area contributed by atoms with E-state index in [2.05, 4.69) is 5.32 Å². The van der Waals surface area contributed by atoms with Gasteiger partial charge >= 0.3 is 0 Å². The lowest BCUT2D eigenvalue weighted by Gasteiger charge is -2.08. The van der Waals surface area contributed by atoms with Gasteiger partial charge in [-0.3, -0.25) is 0 Å². The second-order valence-electron chi connectivity index (χ2n) is 3.22. The number of nitrogens with one attached hydrogen (secondary N) is 1. The van der Waals surface area contributed by atoms with Crippen LogP contribution in [-0.4, -0.2) is 23.6 Å². The van der Waals surface area contributed by atoms with Gasteiger partial charge in [-0.15, -0.1) is 11.6 Å². The van der Waals surface area contributed by atoms with Crippen LogP contribution in [0.4, 0.5) is 8.78 Å². The first kappa shape index (κ1) is 12.4. The van der Waals surface area contributed by atoms with Crippen molar-refractivity contribution in [1.82, 2.24) is 5.32 Å². The van der Waals surface area contributed by atoms with Gasteiger partial charge in [0.2, 0.25) is 0 Å². The second kappa shape index (κ2) is 6.00. The van der Waals surface area contributed by atoms with E-state index in [0.29, 0.717) is 18.7 Å². The molecule has 2 N–H and O–H groups in total. The molecule has 0 bridgehead atoms. The van der Waals surface area contributed by atoms with E-state index in [-0.39, 0.29) is 5.88 Å². The van der Waals surface area contributed by atoms with Crippen molar-refractivity contribution in [1.29, 1.82) is 0 Å². The molecular weight excluding hydrogens is 224 g/mol. The lowest BCUT2D eigenvalue weighted by molar-refractivity contribution is 0.194. The number of halogens is 3. The molecule has 0 fully saturated rings. The average Bonchev–Trinajstić information content (AvgIpc) is 2.16. The molecule has 5 heteroatoms. The van der Waals surface area contributed by atoms with Crippen molar-refractivity contribution in [2.45, 2.75) is 12.6 Å². The van der Waals surface area contributed by atoms with Crippen molar-refractivity contribution in [2.24, 2.45) is 0 Å². The van der Waals surface area contributed by atoms with E-state index in [4.69, 9.17) is 16.7 Å². The van der Waals surface area contributed by atoms with Gasteiger partial charge in [0.1, 0.15) is 11.6 Å². The largest absolute Gasteiger partial charge is 0.391 e. The molecule has 0 radical (unpaired) electrons. The molecule has 2 nitrogen and oxygen atoms in total. The SMILES string of the molecule is O[C@H](CCl)CNCc1cc(F)cc(F)c1. The van der Waals surface area contributed by atoms with E-state index in [1.54, 1.807) is 0 Å². The molecule has 1 atom stereocenters. The van der Waals surface area contributed by atoms with Crippen LogP contribution in [0.1, 0.15) is 5.56 Å². The van der Waals surface area contributed by atoms with Crippen LogP contribution in [0, 0.1) is 11.6 Å². The Morgan fingerprint density at radius 3 is 2.40 bits per heavy atom. The summed E-state index contributed by atoms with van der Waals surface area (Å²) >= 11 is 5.37. The maximum Gasteiger partial charge on any atom is 0.126 e. The minimum absolute atomic E-state index is 0.129. The second-order valence-corrected chi connectivity index (χ2v) is 3.53. The summed E-state index contributed by atoms with van der Waals surface area (Å²) in [5, 5.41) is 11.9. The summed E-state index contributed by atoms with van der Waals surface area (Å²) in [6, 6.07) is 3.30. The minimum atomic E-state index is -0.648.